The predicted molar refractivity (Wildman–Crippen MR) is 90.1 cm³/mol. The number of hydrogen-bond acceptors (Lipinski definition) is 4. The van der Waals surface area contributed by atoms with E-state index in [1.54, 1.807) is 0 Å². The van der Waals surface area contributed by atoms with E-state index in [9.17, 15) is 0 Å². The maximum absolute atomic E-state index is 5.72. The van der Waals surface area contributed by atoms with Gasteiger partial charge in [0, 0.05) is 18.2 Å². The molecule has 0 radical (unpaired) electrons. The summed E-state index contributed by atoms with van der Waals surface area (Å²) < 4.78 is 13.4. The van der Waals surface area contributed by atoms with Crippen LogP contribution in [0.4, 0.5) is 5.82 Å². The lowest BCUT2D eigenvalue weighted by atomic mass is 10.0. The van der Waals surface area contributed by atoms with Gasteiger partial charge in [-0.2, -0.15) is 5.10 Å². The Morgan fingerprint density at radius 2 is 1.96 bits per heavy atom. The maximum Gasteiger partial charge on any atom is 0.163 e. The molecule has 122 valence electrons. The van der Waals surface area contributed by atoms with Gasteiger partial charge in [0.1, 0.15) is 19.0 Å². The van der Waals surface area contributed by atoms with Crippen LogP contribution < -0.4 is 14.8 Å². The van der Waals surface area contributed by atoms with Crippen molar-refractivity contribution < 1.29 is 9.47 Å². The molecule has 4 rings (SSSR count). The molecule has 0 saturated carbocycles. The largest absolute Gasteiger partial charge is 0.486 e. The number of rotatable bonds is 2. The van der Waals surface area contributed by atoms with E-state index in [2.05, 4.69) is 25.2 Å². The van der Waals surface area contributed by atoms with Gasteiger partial charge in [-0.05, 0) is 37.3 Å². The third kappa shape index (κ3) is 2.54. The van der Waals surface area contributed by atoms with Gasteiger partial charge in [0.05, 0.1) is 11.4 Å². The summed E-state index contributed by atoms with van der Waals surface area (Å²) in [6.45, 7) is 6.63. The maximum atomic E-state index is 5.72. The van der Waals surface area contributed by atoms with E-state index in [0.29, 0.717) is 19.1 Å². The van der Waals surface area contributed by atoms with Crippen molar-refractivity contribution in [3.63, 3.8) is 0 Å². The monoisotopic (exact) mass is 313 g/mol. The molecule has 0 amide bonds. The number of anilines is 1. The van der Waals surface area contributed by atoms with Crippen LogP contribution in [0.2, 0.25) is 0 Å². The molecular weight excluding hydrogens is 290 g/mol. The van der Waals surface area contributed by atoms with Gasteiger partial charge in [-0.25, -0.2) is 4.68 Å². The summed E-state index contributed by atoms with van der Waals surface area (Å²) in [6.07, 6.45) is 3.51. The van der Waals surface area contributed by atoms with E-state index < -0.39 is 0 Å². The van der Waals surface area contributed by atoms with Crippen LogP contribution in [0.25, 0.3) is 5.69 Å². The highest BCUT2D eigenvalue weighted by atomic mass is 16.6. The van der Waals surface area contributed by atoms with Crippen molar-refractivity contribution in [2.24, 2.45) is 0 Å². The summed E-state index contributed by atoms with van der Waals surface area (Å²) in [6, 6.07) is 6.06. The lowest BCUT2D eigenvalue weighted by Gasteiger charge is -2.19. The number of nitrogens with one attached hydrogen (secondary N) is 1. The average molecular weight is 313 g/mol. The number of hydrogen-bond donors (Lipinski definition) is 1. The topological polar surface area (TPSA) is 48.3 Å². The van der Waals surface area contributed by atoms with Gasteiger partial charge in [-0.3, -0.25) is 0 Å². The molecule has 0 bridgehead atoms. The molecule has 3 heterocycles. The Morgan fingerprint density at radius 1 is 1.13 bits per heavy atom. The lowest BCUT2D eigenvalue weighted by Crippen LogP contribution is -2.15. The Morgan fingerprint density at radius 3 is 2.78 bits per heavy atom. The third-order valence-corrected chi connectivity index (χ3v) is 4.48. The molecule has 2 aliphatic heterocycles. The molecular formula is C18H23N3O2. The molecule has 2 aromatic rings. The highest BCUT2D eigenvalue weighted by Crippen LogP contribution is 2.36. The van der Waals surface area contributed by atoms with Gasteiger partial charge in [0.15, 0.2) is 11.5 Å². The van der Waals surface area contributed by atoms with Crippen LogP contribution in [0.3, 0.4) is 0 Å². The first kappa shape index (κ1) is 14.4. The summed E-state index contributed by atoms with van der Waals surface area (Å²) in [5.41, 5.74) is 3.59. The van der Waals surface area contributed by atoms with Gasteiger partial charge in [-0.15, -0.1) is 0 Å². The Bertz CT molecular complexity index is 721. The predicted octanol–water partition coefficient (Wildman–Crippen LogP) is 3.52. The molecule has 23 heavy (non-hydrogen) atoms. The lowest BCUT2D eigenvalue weighted by molar-refractivity contribution is 0.171. The Balaban J connectivity index is 1.82. The van der Waals surface area contributed by atoms with Gasteiger partial charge >= 0.3 is 0 Å². The number of benzene rings is 1. The minimum absolute atomic E-state index is 0.419. The standard InChI is InChI=1S/C18H23N3O2/c1-12(2)17-14-5-3-4-8-19-18(14)21(20-17)13-6-7-15-16(11-13)23-10-9-22-15/h6-7,11-12,19H,3-5,8-10H2,1-2H3. The molecule has 2 aliphatic rings. The second-order valence-electron chi connectivity index (χ2n) is 6.49. The molecule has 0 atom stereocenters. The van der Waals surface area contributed by atoms with Crippen LogP contribution >= 0.6 is 0 Å². The zero-order valence-corrected chi connectivity index (χ0v) is 13.8. The SMILES string of the molecule is CC(C)c1nn(-c2ccc3c(c2)OCCO3)c2c1CCCCN2. The molecule has 0 spiro atoms. The van der Waals surface area contributed by atoms with Crippen LogP contribution in [0.15, 0.2) is 18.2 Å². The fourth-order valence-electron chi connectivity index (χ4n) is 3.34. The Hall–Kier alpha value is -2.17. The first-order chi connectivity index (χ1) is 11.2. The fourth-order valence-corrected chi connectivity index (χ4v) is 3.34. The van der Waals surface area contributed by atoms with Crippen molar-refractivity contribution in [1.29, 1.82) is 0 Å². The number of nitrogens with zero attached hydrogens (tertiary/aromatic N) is 2. The van der Waals surface area contributed by atoms with Gasteiger partial charge in [0.2, 0.25) is 0 Å². The van der Waals surface area contributed by atoms with Crippen molar-refractivity contribution in [2.45, 2.75) is 39.0 Å². The zero-order valence-electron chi connectivity index (χ0n) is 13.8. The van der Waals surface area contributed by atoms with E-state index in [1.165, 1.54) is 24.1 Å². The van der Waals surface area contributed by atoms with Crippen molar-refractivity contribution >= 4 is 5.82 Å². The van der Waals surface area contributed by atoms with E-state index in [4.69, 9.17) is 14.6 Å². The second kappa shape index (κ2) is 5.80. The summed E-state index contributed by atoms with van der Waals surface area (Å²) in [7, 11) is 0. The molecule has 0 aliphatic carbocycles. The molecule has 5 heteroatoms. The number of aromatic nitrogens is 2. The first-order valence-corrected chi connectivity index (χ1v) is 8.49. The van der Waals surface area contributed by atoms with Crippen molar-refractivity contribution in [1.82, 2.24) is 9.78 Å². The summed E-state index contributed by atoms with van der Waals surface area (Å²) in [4.78, 5) is 0. The van der Waals surface area contributed by atoms with Crippen LogP contribution in [-0.4, -0.2) is 29.5 Å². The van der Waals surface area contributed by atoms with Gasteiger partial charge in [0.25, 0.3) is 0 Å². The van der Waals surface area contributed by atoms with Crippen LogP contribution in [0.1, 0.15) is 43.9 Å². The highest BCUT2D eigenvalue weighted by Gasteiger charge is 2.23. The average Bonchev–Trinajstić information content (AvgIpc) is 2.76. The number of ether oxygens (including phenoxy) is 2. The minimum Gasteiger partial charge on any atom is -0.486 e. The van der Waals surface area contributed by atoms with Gasteiger partial charge in [-0.1, -0.05) is 13.8 Å². The molecule has 0 saturated heterocycles. The highest BCUT2D eigenvalue weighted by molar-refractivity contribution is 5.57. The van der Waals surface area contributed by atoms with Crippen LogP contribution in [-0.2, 0) is 6.42 Å². The molecule has 1 N–H and O–H groups in total. The van der Waals surface area contributed by atoms with E-state index >= 15 is 0 Å². The zero-order chi connectivity index (χ0) is 15.8. The minimum atomic E-state index is 0.419. The Kier molecular flexibility index (Phi) is 3.63. The Labute approximate surface area is 136 Å². The van der Waals surface area contributed by atoms with Crippen molar-refractivity contribution in [3.8, 4) is 17.2 Å². The van der Waals surface area contributed by atoms with Crippen LogP contribution in [0.5, 0.6) is 11.5 Å². The van der Waals surface area contributed by atoms with E-state index in [-0.39, 0.29) is 0 Å². The van der Waals surface area contributed by atoms with E-state index in [1.807, 2.05) is 16.8 Å². The second-order valence-corrected chi connectivity index (χ2v) is 6.49. The first-order valence-electron chi connectivity index (χ1n) is 8.49. The molecule has 1 aromatic heterocycles. The smallest absolute Gasteiger partial charge is 0.163 e. The fraction of sp³-hybridized carbons (Fsp3) is 0.500. The quantitative estimate of drug-likeness (QED) is 0.921. The molecule has 1 aromatic carbocycles. The molecule has 0 fully saturated rings. The van der Waals surface area contributed by atoms with Crippen LogP contribution in [0, 0.1) is 0 Å². The summed E-state index contributed by atoms with van der Waals surface area (Å²) in [5.74, 6) is 3.18. The normalized spacial score (nSPS) is 16.7. The van der Waals surface area contributed by atoms with E-state index in [0.717, 1.165) is 36.0 Å². The van der Waals surface area contributed by atoms with Gasteiger partial charge < -0.3 is 14.8 Å². The summed E-state index contributed by atoms with van der Waals surface area (Å²) >= 11 is 0. The third-order valence-electron chi connectivity index (χ3n) is 4.48. The summed E-state index contributed by atoms with van der Waals surface area (Å²) in [5, 5.41) is 8.49. The van der Waals surface area contributed by atoms with Crippen molar-refractivity contribution in [2.75, 3.05) is 25.1 Å². The van der Waals surface area contributed by atoms with Crippen molar-refractivity contribution in [3.05, 3.63) is 29.5 Å². The number of fused-ring (bicyclic) bond motifs is 2. The molecule has 0 unspecified atom stereocenters. The molecule has 5 nitrogen and oxygen atoms in total.